The molecule has 0 radical (unpaired) electrons. The van der Waals surface area contributed by atoms with Crippen LogP contribution in [0.5, 0.6) is 0 Å². The van der Waals surface area contributed by atoms with Gasteiger partial charge in [0.25, 0.3) is 0 Å². The Morgan fingerprint density at radius 1 is 1.17 bits per heavy atom. The minimum atomic E-state index is -0.384. The third-order valence-corrected chi connectivity index (χ3v) is 4.10. The Morgan fingerprint density at radius 2 is 1.92 bits per heavy atom. The highest BCUT2D eigenvalue weighted by molar-refractivity contribution is 5.97. The summed E-state index contributed by atoms with van der Waals surface area (Å²) in [5.74, 6) is 1.07. The molecule has 2 aromatic rings. The minimum Gasteiger partial charge on any atom is -0.493 e. The Balaban J connectivity index is 2.03. The lowest BCUT2D eigenvalue weighted by Crippen LogP contribution is -2.14. The fourth-order valence-electron chi connectivity index (χ4n) is 3.01. The monoisotopic (exact) mass is 324 g/mol. The predicted octanol–water partition coefficient (Wildman–Crippen LogP) is 5.25. The van der Waals surface area contributed by atoms with Gasteiger partial charge < -0.3 is 9.47 Å². The number of esters is 1. The van der Waals surface area contributed by atoms with Crippen LogP contribution in [-0.4, -0.2) is 12.6 Å². The molecule has 1 aliphatic carbocycles. The zero-order valence-electron chi connectivity index (χ0n) is 14.5. The predicted molar refractivity (Wildman–Crippen MR) is 96.5 cm³/mol. The van der Waals surface area contributed by atoms with Crippen LogP contribution in [0, 0.1) is 5.92 Å². The molecule has 0 heterocycles. The van der Waals surface area contributed by atoms with Crippen molar-refractivity contribution in [2.45, 2.75) is 39.7 Å². The van der Waals surface area contributed by atoms with Crippen LogP contribution in [-0.2, 0) is 14.3 Å². The van der Waals surface area contributed by atoms with Gasteiger partial charge in [0.15, 0.2) is 0 Å². The second-order valence-corrected chi connectivity index (χ2v) is 6.65. The first-order chi connectivity index (χ1) is 11.6. The fraction of sp³-hybridized carbons (Fsp3) is 0.381. The first kappa shape index (κ1) is 16.6. The average molecular weight is 324 g/mol. The molecule has 0 saturated carbocycles. The largest absolute Gasteiger partial charge is 0.493 e. The number of ether oxygens (including phenoxy) is 2. The van der Waals surface area contributed by atoms with Crippen molar-refractivity contribution in [3.63, 3.8) is 0 Å². The van der Waals surface area contributed by atoms with Crippen LogP contribution in [0.15, 0.2) is 42.5 Å². The number of benzene rings is 2. The molecule has 0 aromatic heterocycles. The van der Waals surface area contributed by atoms with E-state index in [4.69, 9.17) is 9.47 Å². The Morgan fingerprint density at radius 3 is 2.62 bits per heavy atom. The summed E-state index contributed by atoms with van der Waals surface area (Å²) in [4.78, 5) is 12.0. The van der Waals surface area contributed by atoms with E-state index in [1.165, 1.54) is 0 Å². The Labute approximate surface area is 143 Å². The van der Waals surface area contributed by atoms with Gasteiger partial charge >= 0.3 is 5.97 Å². The minimum absolute atomic E-state index is 0.168. The third-order valence-electron chi connectivity index (χ3n) is 4.10. The quantitative estimate of drug-likeness (QED) is 0.681. The molecule has 1 unspecified atom stereocenters. The van der Waals surface area contributed by atoms with Crippen molar-refractivity contribution in [1.82, 2.24) is 0 Å². The van der Waals surface area contributed by atoms with Crippen LogP contribution in [0.4, 0.5) is 0 Å². The highest BCUT2D eigenvalue weighted by Crippen LogP contribution is 2.39. The molecule has 3 nitrogen and oxygen atoms in total. The molecule has 1 atom stereocenters. The van der Waals surface area contributed by atoms with E-state index in [9.17, 15) is 4.79 Å². The van der Waals surface area contributed by atoms with Gasteiger partial charge in [-0.05, 0) is 23.1 Å². The molecule has 0 bridgehead atoms. The van der Waals surface area contributed by atoms with Crippen molar-refractivity contribution >= 4 is 22.5 Å². The van der Waals surface area contributed by atoms with Crippen LogP contribution < -0.4 is 0 Å². The van der Waals surface area contributed by atoms with E-state index in [0.29, 0.717) is 18.9 Å². The van der Waals surface area contributed by atoms with Crippen molar-refractivity contribution in [3.8, 4) is 0 Å². The molecule has 1 aliphatic rings. The number of carbonyl (C=O) groups is 1. The summed E-state index contributed by atoms with van der Waals surface area (Å²) in [6, 6.07) is 12.3. The molecule has 2 aromatic carbocycles. The molecule has 0 amide bonds. The summed E-state index contributed by atoms with van der Waals surface area (Å²) >= 11 is 0. The molecular formula is C21H24O3. The van der Waals surface area contributed by atoms with Crippen LogP contribution in [0.3, 0.4) is 0 Å². The van der Waals surface area contributed by atoms with Gasteiger partial charge in [0.05, 0.1) is 6.61 Å². The van der Waals surface area contributed by atoms with Gasteiger partial charge in [-0.1, -0.05) is 57.2 Å². The van der Waals surface area contributed by atoms with Crippen molar-refractivity contribution in [3.05, 3.63) is 53.6 Å². The summed E-state index contributed by atoms with van der Waals surface area (Å²) in [5.41, 5.74) is 2.11. The van der Waals surface area contributed by atoms with Gasteiger partial charge in [0.1, 0.15) is 11.9 Å². The summed E-state index contributed by atoms with van der Waals surface area (Å²) in [6.45, 7) is 6.86. The van der Waals surface area contributed by atoms with Crippen LogP contribution in [0.2, 0.25) is 0 Å². The highest BCUT2D eigenvalue weighted by Gasteiger charge is 2.25. The number of hydrogen-bond acceptors (Lipinski definition) is 3. The molecule has 3 rings (SSSR count). The zero-order chi connectivity index (χ0) is 17.1. The van der Waals surface area contributed by atoms with E-state index in [1.54, 1.807) is 0 Å². The maximum absolute atomic E-state index is 12.0. The number of hydrogen-bond donors (Lipinski definition) is 0. The van der Waals surface area contributed by atoms with Crippen molar-refractivity contribution in [2.75, 3.05) is 6.61 Å². The molecule has 0 spiro atoms. The lowest BCUT2D eigenvalue weighted by molar-refractivity contribution is -0.147. The maximum Gasteiger partial charge on any atom is 0.306 e. The smallest absolute Gasteiger partial charge is 0.306 e. The number of carbonyl (C=O) groups excluding carboxylic acids is 1. The van der Waals surface area contributed by atoms with Crippen molar-refractivity contribution in [2.24, 2.45) is 5.92 Å². The number of rotatable bonds is 6. The van der Waals surface area contributed by atoms with E-state index in [2.05, 4.69) is 32.0 Å². The van der Waals surface area contributed by atoms with Crippen LogP contribution >= 0.6 is 0 Å². The normalized spacial score (nSPS) is 16.2. The van der Waals surface area contributed by atoms with Crippen LogP contribution in [0.25, 0.3) is 16.5 Å². The molecule has 0 aliphatic heterocycles. The van der Waals surface area contributed by atoms with Gasteiger partial charge in [0, 0.05) is 23.6 Å². The van der Waals surface area contributed by atoms with Crippen LogP contribution in [0.1, 0.15) is 50.8 Å². The SMILES string of the molecule is CCCC(=O)OC1C=C(OCC(C)C)c2cccc3cccc1c23. The summed E-state index contributed by atoms with van der Waals surface area (Å²) in [7, 11) is 0. The average Bonchev–Trinajstić information content (AvgIpc) is 2.56. The topological polar surface area (TPSA) is 35.5 Å². The van der Waals surface area contributed by atoms with E-state index in [0.717, 1.165) is 34.1 Å². The lowest BCUT2D eigenvalue weighted by atomic mass is 9.90. The summed E-state index contributed by atoms with van der Waals surface area (Å²) in [6.07, 6.45) is 2.77. The summed E-state index contributed by atoms with van der Waals surface area (Å²) < 4.78 is 11.8. The van der Waals surface area contributed by atoms with Crippen molar-refractivity contribution < 1.29 is 14.3 Å². The van der Waals surface area contributed by atoms with E-state index < -0.39 is 0 Å². The molecule has 3 heteroatoms. The first-order valence-electron chi connectivity index (χ1n) is 8.66. The van der Waals surface area contributed by atoms with E-state index >= 15 is 0 Å². The molecule has 24 heavy (non-hydrogen) atoms. The Kier molecular flexibility index (Phi) is 4.89. The zero-order valence-corrected chi connectivity index (χ0v) is 14.5. The fourth-order valence-corrected chi connectivity index (χ4v) is 3.01. The standard InChI is InChI=1S/C21H24O3/c1-4-7-20(22)24-19-12-18(23-13-14(2)3)16-10-5-8-15-9-6-11-17(19)21(15)16/h5-6,8-12,14,19H,4,7,13H2,1-3H3. The Bertz CT molecular complexity index is 768. The molecule has 0 N–H and O–H groups in total. The third kappa shape index (κ3) is 3.30. The molecule has 0 fully saturated rings. The van der Waals surface area contributed by atoms with Gasteiger partial charge in [-0.3, -0.25) is 4.79 Å². The second kappa shape index (κ2) is 7.08. The summed E-state index contributed by atoms with van der Waals surface area (Å²) in [5, 5.41) is 2.26. The van der Waals surface area contributed by atoms with E-state index in [-0.39, 0.29) is 12.1 Å². The van der Waals surface area contributed by atoms with Gasteiger partial charge in [-0.15, -0.1) is 0 Å². The van der Waals surface area contributed by atoms with Gasteiger partial charge in [-0.25, -0.2) is 0 Å². The first-order valence-corrected chi connectivity index (χ1v) is 8.66. The molecule has 0 saturated heterocycles. The molecule has 126 valence electrons. The lowest BCUT2D eigenvalue weighted by Gasteiger charge is -2.25. The van der Waals surface area contributed by atoms with Gasteiger partial charge in [0.2, 0.25) is 0 Å². The molecular weight excluding hydrogens is 300 g/mol. The van der Waals surface area contributed by atoms with Crippen molar-refractivity contribution in [1.29, 1.82) is 0 Å². The maximum atomic E-state index is 12.0. The van der Waals surface area contributed by atoms with Gasteiger partial charge in [-0.2, -0.15) is 0 Å². The van der Waals surface area contributed by atoms with E-state index in [1.807, 2.05) is 31.2 Å². The highest BCUT2D eigenvalue weighted by atomic mass is 16.5. The Hall–Kier alpha value is -2.29. The second-order valence-electron chi connectivity index (χ2n) is 6.65.